The van der Waals surface area contributed by atoms with Gasteiger partial charge < -0.3 is 50.3 Å². The second-order valence-electron chi connectivity index (χ2n) is 14.1. The van der Waals surface area contributed by atoms with Gasteiger partial charge in [0.25, 0.3) is 5.91 Å². The predicted octanol–water partition coefficient (Wildman–Crippen LogP) is -0.369. The number of amides is 3. The van der Waals surface area contributed by atoms with E-state index in [4.69, 9.17) is 19.6 Å². The van der Waals surface area contributed by atoms with Crippen molar-refractivity contribution in [3.63, 3.8) is 0 Å². The number of primary amides is 1. The lowest BCUT2D eigenvalue weighted by Gasteiger charge is -2.50. The Hall–Kier alpha value is -5.30. The fourth-order valence-corrected chi connectivity index (χ4v) is 7.63. The number of esters is 1. The number of aliphatic hydroxyl groups excluding tert-OH is 1. The Labute approximate surface area is 310 Å². The summed E-state index contributed by atoms with van der Waals surface area (Å²) in [7, 11) is 6.48. The SMILES string of the molecule is CCCCN(CC(=O)NC1C=C(N(C)C)C2=C(C(=O)C3=C[C@@]4(O)C(=O)C(C(N)=O)=C(O)[C@@H](N(C)C)[C@@H]4C[C@@H]3C2)C1(O)O)C(=O)OCOC(=O)c1ccco1. The fourth-order valence-electron chi connectivity index (χ4n) is 7.63. The maximum atomic E-state index is 14.3. The highest BCUT2D eigenvalue weighted by molar-refractivity contribution is 6.24. The van der Waals surface area contributed by atoms with Crippen LogP contribution in [0.5, 0.6) is 0 Å². The Bertz CT molecular complexity index is 1860. The largest absolute Gasteiger partial charge is 0.510 e. The molecule has 1 aromatic heterocycles. The van der Waals surface area contributed by atoms with E-state index in [2.05, 4.69) is 5.32 Å². The third-order valence-corrected chi connectivity index (χ3v) is 10.2. The number of hydrogen-bond acceptors (Lipinski definition) is 15. The smallest absolute Gasteiger partial charge is 0.413 e. The number of furan rings is 1. The van der Waals surface area contributed by atoms with Crippen molar-refractivity contribution in [2.75, 3.05) is 48.1 Å². The average Bonchev–Trinajstić information content (AvgIpc) is 3.63. The maximum Gasteiger partial charge on any atom is 0.413 e. The minimum Gasteiger partial charge on any atom is -0.510 e. The van der Waals surface area contributed by atoms with Crippen LogP contribution in [0.3, 0.4) is 0 Å². The molecule has 0 bridgehead atoms. The molecule has 4 aliphatic carbocycles. The van der Waals surface area contributed by atoms with E-state index >= 15 is 0 Å². The van der Waals surface area contributed by atoms with Gasteiger partial charge in [-0.3, -0.25) is 29.0 Å². The minimum atomic E-state index is -3.01. The van der Waals surface area contributed by atoms with Gasteiger partial charge >= 0.3 is 12.1 Å². The van der Waals surface area contributed by atoms with Gasteiger partial charge in [-0.05, 0) is 69.1 Å². The first-order valence-corrected chi connectivity index (χ1v) is 17.3. The highest BCUT2D eigenvalue weighted by atomic mass is 16.7. The van der Waals surface area contributed by atoms with E-state index in [1.165, 1.54) is 29.4 Å². The van der Waals surface area contributed by atoms with Crippen molar-refractivity contribution in [2.24, 2.45) is 17.6 Å². The summed E-state index contributed by atoms with van der Waals surface area (Å²) in [5.41, 5.74) is 2.21. The number of unbranched alkanes of at least 4 members (excludes halogenated alkanes) is 1. The van der Waals surface area contributed by atoms with Gasteiger partial charge in [-0.2, -0.15) is 0 Å². The third kappa shape index (κ3) is 7.16. The van der Waals surface area contributed by atoms with Crippen LogP contribution in [0, 0.1) is 11.8 Å². The first-order chi connectivity index (χ1) is 25.3. The molecule has 0 aromatic carbocycles. The van der Waals surface area contributed by atoms with Crippen molar-refractivity contribution in [1.82, 2.24) is 20.0 Å². The molecular formula is C36H45N5O13. The van der Waals surface area contributed by atoms with Crippen molar-refractivity contribution in [3.8, 4) is 0 Å². The summed E-state index contributed by atoms with van der Waals surface area (Å²) in [6.07, 6.45) is 3.82. The Morgan fingerprint density at radius 1 is 1.09 bits per heavy atom. The zero-order chi connectivity index (χ0) is 39.9. The first-order valence-electron chi connectivity index (χ1n) is 17.3. The average molecular weight is 756 g/mol. The number of carbonyl (C=O) groups excluding carboxylic acids is 6. The molecule has 18 nitrogen and oxygen atoms in total. The molecule has 5 rings (SSSR count). The summed E-state index contributed by atoms with van der Waals surface area (Å²) < 4.78 is 14.9. The lowest BCUT2D eigenvalue weighted by atomic mass is 9.58. The predicted molar refractivity (Wildman–Crippen MR) is 185 cm³/mol. The number of hydrogen-bond donors (Lipinski definition) is 6. The Balaban J connectivity index is 1.39. The van der Waals surface area contributed by atoms with Gasteiger partial charge in [0.1, 0.15) is 23.9 Å². The van der Waals surface area contributed by atoms with Crippen molar-refractivity contribution in [2.45, 2.75) is 56.1 Å². The maximum absolute atomic E-state index is 14.3. The van der Waals surface area contributed by atoms with Crippen LogP contribution < -0.4 is 11.1 Å². The van der Waals surface area contributed by atoms with E-state index in [0.717, 1.165) is 11.0 Å². The standard InChI is InChI=1S/C36H45N5O13/c1-6-7-10-41(34(48)54-17-53-33(47)23-9-8-11-52-23)16-25(42)38-24-14-22(39(2)3)19-12-18-13-21-28(40(4)5)30(44)26(32(37)46)31(45)35(21,49)15-20(18)29(43)27(19)36(24,50)51/h8-9,11,14-15,18,21,24,28,44,49-51H,6-7,10,12-13,16-17H2,1-5H3,(H2,37,46)(H,38,42)/t18-,21-,24?,28-,35-/m0/s1. The lowest BCUT2D eigenvalue weighted by molar-refractivity contribution is -0.158. The molecule has 1 heterocycles. The molecule has 0 saturated heterocycles. The van der Waals surface area contributed by atoms with E-state index in [1.54, 1.807) is 33.1 Å². The van der Waals surface area contributed by atoms with E-state index in [0.29, 0.717) is 18.5 Å². The monoisotopic (exact) mass is 755 g/mol. The van der Waals surface area contributed by atoms with Crippen LogP contribution in [0.15, 0.2) is 68.7 Å². The molecule has 0 fully saturated rings. The van der Waals surface area contributed by atoms with Crippen LogP contribution >= 0.6 is 0 Å². The molecule has 292 valence electrons. The molecule has 1 aromatic rings. The van der Waals surface area contributed by atoms with E-state index in [1.807, 2.05) is 6.92 Å². The molecule has 0 aliphatic heterocycles. The third-order valence-electron chi connectivity index (χ3n) is 10.2. The highest BCUT2D eigenvalue weighted by Gasteiger charge is 2.60. The number of rotatable bonds is 12. The van der Waals surface area contributed by atoms with Crippen LogP contribution in [0.25, 0.3) is 0 Å². The van der Waals surface area contributed by atoms with Gasteiger partial charge in [0.05, 0.1) is 17.9 Å². The van der Waals surface area contributed by atoms with Gasteiger partial charge in [0.15, 0.2) is 11.4 Å². The topological polar surface area (TPSA) is 263 Å². The summed E-state index contributed by atoms with van der Waals surface area (Å²) in [5.74, 6) is -10.4. The van der Waals surface area contributed by atoms with Crippen molar-refractivity contribution >= 4 is 35.4 Å². The summed E-state index contributed by atoms with van der Waals surface area (Å²) in [4.78, 5) is 82.7. The second-order valence-corrected chi connectivity index (χ2v) is 14.1. The number of likely N-dealkylation sites (N-methyl/N-ethyl adjacent to an activating group) is 2. The molecule has 0 spiro atoms. The van der Waals surface area contributed by atoms with Gasteiger partial charge in [0.2, 0.25) is 30.0 Å². The fraction of sp³-hybridized carbons (Fsp3) is 0.500. The Kier molecular flexibility index (Phi) is 11.2. The molecule has 3 amide bonds. The molecule has 0 radical (unpaired) electrons. The zero-order valence-corrected chi connectivity index (χ0v) is 30.5. The van der Waals surface area contributed by atoms with Crippen LogP contribution in [-0.2, 0) is 28.7 Å². The normalized spacial score (nSPS) is 25.9. The highest BCUT2D eigenvalue weighted by Crippen LogP contribution is 2.52. The van der Waals surface area contributed by atoms with Crippen molar-refractivity contribution < 1.29 is 63.1 Å². The molecule has 4 aliphatic rings. The number of nitrogens with zero attached hydrogens (tertiary/aromatic N) is 3. The quantitative estimate of drug-likeness (QED) is 0.0903. The first kappa shape index (κ1) is 39.9. The molecule has 0 saturated carbocycles. The number of carbonyl (C=O) groups is 6. The molecule has 5 atom stereocenters. The molecular weight excluding hydrogens is 710 g/mol. The minimum absolute atomic E-state index is 0.00792. The Morgan fingerprint density at radius 2 is 1.80 bits per heavy atom. The second kappa shape index (κ2) is 15.2. The molecule has 1 unspecified atom stereocenters. The van der Waals surface area contributed by atoms with E-state index < -0.39 is 101 Å². The van der Waals surface area contributed by atoms with Crippen molar-refractivity contribution in [3.05, 3.63) is 70.1 Å². The number of Topliss-reactive ketones (excluding diaryl/α,β-unsaturated/α-hetero) is 2. The van der Waals surface area contributed by atoms with Crippen LogP contribution in [0.2, 0.25) is 0 Å². The lowest BCUT2D eigenvalue weighted by Crippen LogP contribution is -2.62. The molecule has 18 heteroatoms. The number of fused-ring (bicyclic) bond motifs is 2. The van der Waals surface area contributed by atoms with Crippen LogP contribution in [-0.4, -0.2) is 142 Å². The number of nitrogens with two attached hydrogens (primary N) is 1. The Morgan fingerprint density at radius 3 is 2.39 bits per heavy atom. The van der Waals surface area contributed by atoms with Gasteiger partial charge in [-0.15, -0.1) is 0 Å². The molecule has 54 heavy (non-hydrogen) atoms. The summed E-state index contributed by atoms with van der Waals surface area (Å²) >= 11 is 0. The number of ether oxygens (including phenoxy) is 2. The number of ketones is 2. The van der Waals surface area contributed by atoms with Crippen molar-refractivity contribution in [1.29, 1.82) is 0 Å². The van der Waals surface area contributed by atoms with Gasteiger partial charge in [-0.25, -0.2) is 9.59 Å². The van der Waals surface area contributed by atoms with Gasteiger partial charge in [-0.1, -0.05) is 13.3 Å². The summed E-state index contributed by atoms with van der Waals surface area (Å²) in [5, 5.41) is 48.6. The summed E-state index contributed by atoms with van der Waals surface area (Å²) in [6.45, 7) is 0.537. The number of aliphatic hydroxyl groups is 4. The van der Waals surface area contributed by atoms with E-state index in [9.17, 15) is 49.2 Å². The van der Waals surface area contributed by atoms with E-state index in [-0.39, 0.29) is 36.3 Å². The number of nitrogens with one attached hydrogen (secondary N) is 1. The van der Waals surface area contributed by atoms with Gasteiger partial charge in [0, 0.05) is 37.8 Å². The summed E-state index contributed by atoms with van der Waals surface area (Å²) in [6, 6.07) is 0.183. The molecule has 7 N–H and O–H groups in total. The van der Waals surface area contributed by atoms with Crippen LogP contribution in [0.1, 0.15) is 43.2 Å². The number of allylic oxidation sites excluding steroid dienone is 2. The van der Waals surface area contributed by atoms with Crippen LogP contribution in [0.4, 0.5) is 4.79 Å². The zero-order valence-electron chi connectivity index (χ0n) is 30.5.